The number of nitrogens with one attached hydrogen (secondary N) is 1. The fraction of sp³-hybridized carbons (Fsp3) is 0.0968. The molecule has 4 rings (SSSR count). The second kappa shape index (κ2) is 11.3. The number of carbonyl (C=O) groups is 4. The third-order valence-electron chi connectivity index (χ3n) is 5.98. The minimum atomic E-state index is -0.795. The highest BCUT2D eigenvalue weighted by Crippen LogP contribution is 2.20. The van der Waals surface area contributed by atoms with Crippen molar-refractivity contribution >= 4 is 29.1 Å². The molecular formula is C31H25NO5. The van der Waals surface area contributed by atoms with Gasteiger partial charge in [0.15, 0.2) is 18.2 Å². The van der Waals surface area contributed by atoms with E-state index in [-0.39, 0.29) is 22.7 Å². The maximum absolute atomic E-state index is 13.1. The maximum atomic E-state index is 13.1. The fourth-order valence-corrected chi connectivity index (χ4v) is 3.83. The number of hydrogen-bond donors (Lipinski definition) is 1. The van der Waals surface area contributed by atoms with E-state index in [0.717, 1.165) is 11.1 Å². The number of amides is 1. The van der Waals surface area contributed by atoms with Crippen LogP contribution in [0.25, 0.3) is 0 Å². The molecule has 1 N–H and O–H groups in total. The van der Waals surface area contributed by atoms with Crippen molar-refractivity contribution < 1.29 is 23.9 Å². The maximum Gasteiger partial charge on any atom is 0.339 e. The van der Waals surface area contributed by atoms with Gasteiger partial charge in [0.25, 0.3) is 5.91 Å². The Morgan fingerprint density at radius 1 is 0.622 bits per heavy atom. The van der Waals surface area contributed by atoms with Crippen molar-refractivity contribution in [2.24, 2.45) is 0 Å². The van der Waals surface area contributed by atoms with Crippen molar-refractivity contribution in [3.63, 3.8) is 0 Å². The number of para-hydroxylation sites is 1. The van der Waals surface area contributed by atoms with Crippen LogP contribution in [0.1, 0.15) is 53.3 Å². The molecule has 0 saturated carbocycles. The number of esters is 1. The molecule has 184 valence electrons. The van der Waals surface area contributed by atoms with Crippen LogP contribution in [0.15, 0.2) is 97.1 Å². The molecule has 4 aromatic carbocycles. The van der Waals surface area contributed by atoms with E-state index in [0.29, 0.717) is 22.4 Å². The van der Waals surface area contributed by atoms with Gasteiger partial charge in [0.05, 0.1) is 11.3 Å². The first kappa shape index (κ1) is 25.3. The van der Waals surface area contributed by atoms with Gasteiger partial charge in [-0.3, -0.25) is 14.4 Å². The lowest BCUT2D eigenvalue weighted by atomic mass is 9.96. The molecule has 0 fully saturated rings. The van der Waals surface area contributed by atoms with E-state index < -0.39 is 18.5 Å². The van der Waals surface area contributed by atoms with Gasteiger partial charge >= 0.3 is 5.97 Å². The summed E-state index contributed by atoms with van der Waals surface area (Å²) < 4.78 is 5.23. The summed E-state index contributed by atoms with van der Waals surface area (Å²) in [7, 11) is 0. The number of hydrogen-bond acceptors (Lipinski definition) is 5. The Kier molecular flexibility index (Phi) is 7.69. The fourth-order valence-electron chi connectivity index (χ4n) is 3.83. The van der Waals surface area contributed by atoms with Crippen LogP contribution in [0.5, 0.6) is 0 Å². The average Bonchev–Trinajstić information content (AvgIpc) is 2.93. The topological polar surface area (TPSA) is 89.5 Å². The summed E-state index contributed by atoms with van der Waals surface area (Å²) in [5.74, 6) is -1.96. The molecule has 0 aromatic heterocycles. The normalized spacial score (nSPS) is 10.4. The van der Waals surface area contributed by atoms with Gasteiger partial charge in [0.1, 0.15) is 0 Å². The Balaban J connectivity index is 1.45. The minimum Gasteiger partial charge on any atom is -0.452 e. The van der Waals surface area contributed by atoms with Crippen LogP contribution in [0.3, 0.4) is 0 Å². The first-order chi connectivity index (χ1) is 17.8. The number of benzene rings is 4. The summed E-state index contributed by atoms with van der Waals surface area (Å²) in [6.07, 6.45) is 0. The third-order valence-corrected chi connectivity index (χ3v) is 5.98. The van der Waals surface area contributed by atoms with Crippen molar-refractivity contribution in [1.82, 2.24) is 0 Å². The molecule has 4 aromatic rings. The molecule has 6 nitrogen and oxygen atoms in total. The molecular weight excluding hydrogens is 466 g/mol. The van der Waals surface area contributed by atoms with Gasteiger partial charge in [0.2, 0.25) is 0 Å². The van der Waals surface area contributed by atoms with Crippen LogP contribution in [0.4, 0.5) is 5.69 Å². The molecule has 0 aliphatic carbocycles. The highest BCUT2D eigenvalue weighted by atomic mass is 16.5. The summed E-state index contributed by atoms with van der Waals surface area (Å²) in [6, 6.07) is 27.0. The van der Waals surface area contributed by atoms with Gasteiger partial charge < -0.3 is 10.1 Å². The molecule has 0 heterocycles. The SMILES string of the molecule is Cc1ccc(C(=O)c2ccccc2C(=O)OCC(=O)Nc2ccccc2C(=O)c2ccccc2)cc1C. The average molecular weight is 492 g/mol. The molecule has 0 atom stereocenters. The second-order valence-corrected chi connectivity index (χ2v) is 8.54. The van der Waals surface area contributed by atoms with Crippen LogP contribution in [0.2, 0.25) is 0 Å². The summed E-state index contributed by atoms with van der Waals surface area (Å²) in [4.78, 5) is 51.4. The summed E-state index contributed by atoms with van der Waals surface area (Å²) in [5, 5.41) is 2.64. The van der Waals surface area contributed by atoms with Crippen LogP contribution in [-0.4, -0.2) is 30.0 Å². The Morgan fingerprint density at radius 3 is 1.92 bits per heavy atom. The highest BCUT2D eigenvalue weighted by molar-refractivity contribution is 6.15. The Hall–Kier alpha value is -4.84. The van der Waals surface area contributed by atoms with Gasteiger partial charge in [-0.15, -0.1) is 0 Å². The predicted octanol–water partition coefficient (Wildman–Crippen LogP) is 5.56. The molecule has 6 heteroatoms. The van der Waals surface area contributed by atoms with Crippen LogP contribution in [-0.2, 0) is 9.53 Å². The van der Waals surface area contributed by atoms with E-state index in [9.17, 15) is 19.2 Å². The Morgan fingerprint density at radius 2 is 1.22 bits per heavy atom. The highest BCUT2D eigenvalue weighted by Gasteiger charge is 2.21. The van der Waals surface area contributed by atoms with Crippen molar-refractivity contribution in [1.29, 1.82) is 0 Å². The number of carbonyl (C=O) groups excluding carboxylic acids is 4. The van der Waals surface area contributed by atoms with E-state index in [1.165, 1.54) is 6.07 Å². The second-order valence-electron chi connectivity index (χ2n) is 8.54. The lowest BCUT2D eigenvalue weighted by molar-refractivity contribution is -0.119. The standard InChI is InChI=1S/C31H25NO5/c1-20-16-17-23(18-21(20)2)30(35)24-12-6-7-13-25(24)31(36)37-19-28(33)32-27-15-9-8-14-26(27)29(34)22-10-4-3-5-11-22/h3-18H,19H2,1-2H3,(H,32,33). The molecule has 0 bridgehead atoms. The Bertz CT molecular complexity index is 1490. The number of anilines is 1. The Labute approximate surface area is 214 Å². The first-order valence-electron chi connectivity index (χ1n) is 11.7. The summed E-state index contributed by atoms with van der Waals surface area (Å²) >= 11 is 0. The molecule has 0 spiro atoms. The van der Waals surface area contributed by atoms with Gasteiger partial charge in [-0.2, -0.15) is 0 Å². The molecule has 0 aliphatic heterocycles. The molecule has 0 saturated heterocycles. The molecule has 0 radical (unpaired) electrons. The monoisotopic (exact) mass is 491 g/mol. The largest absolute Gasteiger partial charge is 0.452 e. The molecule has 0 unspecified atom stereocenters. The third kappa shape index (κ3) is 5.87. The van der Waals surface area contributed by atoms with E-state index in [1.807, 2.05) is 26.0 Å². The van der Waals surface area contributed by atoms with E-state index >= 15 is 0 Å². The number of rotatable bonds is 8. The van der Waals surface area contributed by atoms with Gasteiger partial charge in [-0.05, 0) is 49.2 Å². The van der Waals surface area contributed by atoms with Crippen LogP contribution >= 0.6 is 0 Å². The number of ketones is 2. The number of ether oxygens (including phenoxy) is 1. The van der Waals surface area contributed by atoms with Crippen molar-refractivity contribution in [2.45, 2.75) is 13.8 Å². The van der Waals surface area contributed by atoms with E-state index in [2.05, 4.69) is 5.32 Å². The van der Waals surface area contributed by atoms with E-state index in [1.54, 1.807) is 78.9 Å². The van der Waals surface area contributed by atoms with Crippen molar-refractivity contribution in [3.8, 4) is 0 Å². The molecule has 0 aliphatic rings. The zero-order valence-electron chi connectivity index (χ0n) is 20.5. The smallest absolute Gasteiger partial charge is 0.339 e. The van der Waals surface area contributed by atoms with Crippen LogP contribution < -0.4 is 5.32 Å². The van der Waals surface area contributed by atoms with Crippen molar-refractivity contribution in [3.05, 3.63) is 136 Å². The summed E-state index contributed by atoms with van der Waals surface area (Å²) in [5.41, 5.74) is 3.85. The lowest BCUT2D eigenvalue weighted by Gasteiger charge is -2.12. The molecule has 37 heavy (non-hydrogen) atoms. The van der Waals surface area contributed by atoms with Gasteiger partial charge in [-0.25, -0.2) is 4.79 Å². The van der Waals surface area contributed by atoms with Crippen LogP contribution in [0, 0.1) is 13.8 Å². The zero-order chi connectivity index (χ0) is 26.4. The van der Waals surface area contributed by atoms with Crippen molar-refractivity contribution in [2.75, 3.05) is 11.9 Å². The predicted molar refractivity (Wildman–Crippen MR) is 141 cm³/mol. The zero-order valence-corrected chi connectivity index (χ0v) is 20.5. The minimum absolute atomic E-state index is 0.0678. The first-order valence-corrected chi connectivity index (χ1v) is 11.7. The quantitative estimate of drug-likeness (QED) is 0.257. The van der Waals surface area contributed by atoms with Gasteiger partial charge in [-0.1, -0.05) is 72.8 Å². The van der Waals surface area contributed by atoms with Gasteiger partial charge in [0, 0.05) is 22.3 Å². The lowest BCUT2D eigenvalue weighted by Crippen LogP contribution is -2.23. The summed E-state index contributed by atoms with van der Waals surface area (Å²) in [6.45, 7) is 3.28. The number of aryl methyl sites for hydroxylation is 2. The molecule has 1 amide bonds. The van der Waals surface area contributed by atoms with E-state index in [4.69, 9.17) is 4.74 Å².